The molecule has 2 aliphatic rings. The first kappa shape index (κ1) is 19.4. The van der Waals surface area contributed by atoms with E-state index >= 15 is 0 Å². The summed E-state index contributed by atoms with van der Waals surface area (Å²) in [7, 11) is -3.60. The third-order valence-electron chi connectivity index (χ3n) is 5.55. The fourth-order valence-corrected chi connectivity index (χ4v) is 6.04. The Morgan fingerprint density at radius 2 is 1.96 bits per heavy atom. The van der Waals surface area contributed by atoms with E-state index in [9.17, 15) is 17.9 Å². The van der Waals surface area contributed by atoms with Crippen LogP contribution < -0.4 is 5.73 Å². The Hall–Kier alpha value is -1.96. The van der Waals surface area contributed by atoms with Crippen LogP contribution in [0.1, 0.15) is 30.4 Å². The molecule has 0 aromatic heterocycles. The molecule has 2 aromatic carbocycles. The molecule has 1 heterocycles. The van der Waals surface area contributed by atoms with Gasteiger partial charge in [-0.05, 0) is 36.5 Å². The highest BCUT2D eigenvalue weighted by Crippen LogP contribution is 2.36. The number of hydrogen-bond donors (Lipinski definition) is 2. The molecule has 0 radical (unpaired) electrons. The molecule has 0 bridgehead atoms. The molecule has 0 spiro atoms. The Morgan fingerprint density at radius 3 is 2.64 bits per heavy atom. The summed E-state index contributed by atoms with van der Waals surface area (Å²) in [5.74, 6) is -0.744. The number of hydrogen-bond acceptors (Lipinski definition) is 5. The molecule has 28 heavy (non-hydrogen) atoms. The van der Waals surface area contributed by atoms with Crippen molar-refractivity contribution in [3.8, 4) is 11.1 Å². The Labute approximate surface area is 168 Å². The smallest absolute Gasteiger partial charge is 0.178 e. The number of aliphatic imine (C=N–C) groups is 1. The van der Waals surface area contributed by atoms with Crippen molar-refractivity contribution in [1.29, 1.82) is 0 Å². The van der Waals surface area contributed by atoms with Gasteiger partial charge in [0.05, 0.1) is 28.9 Å². The average Bonchev–Trinajstić information content (AvgIpc) is 3.22. The number of sulfone groups is 1. The molecule has 0 amide bonds. The molecular weight excluding hydrogens is 403 g/mol. The average molecular weight is 423 g/mol. The summed E-state index contributed by atoms with van der Waals surface area (Å²) >= 11 is 6.33. The van der Waals surface area contributed by atoms with Crippen LogP contribution in [0, 0.1) is 11.7 Å². The molecule has 1 fully saturated rings. The van der Waals surface area contributed by atoms with E-state index in [1.807, 2.05) is 0 Å². The molecule has 8 heteroatoms. The second kappa shape index (κ2) is 7.13. The van der Waals surface area contributed by atoms with Gasteiger partial charge in [-0.1, -0.05) is 36.2 Å². The van der Waals surface area contributed by atoms with Crippen LogP contribution in [0.3, 0.4) is 0 Å². The zero-order chi connectivity index (χ0) is 20.1. The van der Waals surface area contributed by atoms with Gasteiger partial charge < -0.3 is 10.8 Å². The molecule has 148 valence electrons. The number of nitrogens with two attached hydrogens (primary N) is 1. The Morgan fingerprint density at radius 1 is 1.21 bits per heavy atom. The highest BCUT2D eigenvalue weighted by molar-refractivity contribution is 7.91. The number of aliphatic hydroxyl groups excluding tert-OH is 1. The Bertz CT molecular complexity index is 1090. The maximum absolute atomic E-state index is 15.0. The first-order valence-corrected chi connectivity index (χ1v) is 11.1. The summed E-state index contributed by atoms with van der Waals surface area (Å²) < 4.78 is 40.4. The zero-order valence-corrected chi connectivity index (χ0v) is 16.6. The summed E-state index contributed by atoms with van der Waals surface area (Å²) in [6, 6.07) is 7.64. The van der Waals surface area contributed by atoms with Crippen molar-refractivity contribution < 1.29 is 17.9 Å². The summed E-state index contributed by atoms with van der Waals surface area (Å²) in [4.78, 5) is 4.12. The summed E-state index contributed by atoms with van der Waals surface area (Å²) in [6.07, 6.45) is 1.56. The van der Waals surface area contributed by atoms with Crippen molar-refractivity contribution >= 4 is 27.3 Å². The summed E-state index contributed by atoms with van der Waals surface area (Å²) in [5, 5.41) is 10.1. The molecule has 1 aliphatic heterocycles. The number of fused-ring (bicyclic) bond motifs is 1. The van der Waals surface area contributed by atoms with Gasteiger partial charge in [-0.25, -0.2) is 12.8 Å². The van der Waals surface area contributed by atoms with Crippen LogP contribution in [0.2, 0.25) is 5.02 Å². The summed E-state index contributed by atoms with van der Waals surface area (Å²) in [6.45, 7) is 0.344. The first-order chi connectivity index (χ1) is 13.3. The number of aliphatic hydroxyl groups is 1. The number of rotatable bonds is 4. The zero-order valence-electron chi connectivity index (χ0n) is 15.0. The number of amidine groups is 1. The maximum atomic E-state index is 15.0. The third kappa shape index (κ3) is 3.32. The van der Waals surface area contributed by atoms with Gasteiger partial charge in [-0.3, -0.25) is 4.99 Å². The van der Waals surface area contributed by atoms with E-state index in [-0.39, 0.29) is 38.6 Å². The van der Waals surface area contributed by atoms with Gasteiger partial charge in [0.2, 0.25) is 0 Å². The monoisotopic (exact) mass is 422 g/mol. The van der Waals surface area contributed by atoms with E-state index in [0.717, 1.165) is 6.42 Å². The normalized spacial score (nSPS) is 21.6. The lowest BCUT2D eigenvalue weighted by Gasteiger charge is -2.15. The lowest BCUT2D eigenvalue weighted by molar-refractivity contribution is 0.142. The Balaban J connectivity index is 1.68. The lowest BCUT2D eigenvalue weighted by Crippen LogP contribution is -2.23. The highest BCUT2D eigenvalue weighted by atomic mass is 35.5. The van der Waals surface area contributed by atoms with Crippen LogP contribution in [0.5, 0.6) is 0 Å². The minimum atomic E-state index is -3.60. The molecule has 2 atom stereocenters. The second-order valence-electron chi connectivity index (χ2n) is 7.34. The van der Waals surface area contributed by atoms with Crippen molar-refractivity contribution in [3.05, 3.63) is 52.3 Å². The van der Waals surface area contributed by atoms with Gasteiger partial charge in [-0.15, -0.1) is 0 Å². The number of benzene rings is 2. The highest BCUT2D eigenvalue weighted by Gasteiger charge is 2.31. The predicted octanol–water partition coefficient (Wildman–Crippen LogP) is 3.30. The van der Waals surface area contributed by atoms with Crippen LogP contribution in [-0.2, 0) is 16.4 Å². The third-order valence-corrected chi connectivity index (χ3v) is 7.70. The number of halogens is 2. The van der Waals surface area contributed by atoms with Crippen molar-refractivity contribution in [2.24, 2.45) is 16.6 Å². The molecule has 1 aliphatic carbocycles. The number of nitrogens with zero attached hydrogens (tertiary/aromatic N) is 1. The van der Waals surface area contributed by atoms with Crippen molar-refractivity contribution in [2.45, 2.75) is 36.8 Å². The lowest BCUT2D eigenvalue weighted by atomic mass is 9.98. The van der Waals surface area contributed by atoms with E-state index in [4.69, 9.17) is 17.3 Å². The van der Waals surface area contributed by atoms with E-state index < -0.39 is 21.8 Å². The molecule has 0 unspecified atom stereocenters. The topological polar surface area (TPSA) is 92.8 Å². The Kier molecular flexibility index (Phi) is 4.93. The van der Waals surface area contributed by atoms with E-state index in [1.165, 1.54) is 18.2 Å². The van der Waals surface area contributed by atoms with E-state index in [2.05, 4.69) is 4.99 Å². The predicted molar refractivity (Wildman–Crippen MR) is 107 cm³/mol. The summed E-state index contributed by atoms with van der Waals surface area (Å²) in [5.41, 5.74) is 7.41. The second-order valence-corrected chi connectivity index (χ2v) is 9.79. The van der Waals surface area contributed by atoms with Gasteiger partial charge in [0.25, 0.3) is 0 Å². The molecule has 3 N–H and O–H groups in total. The molecule has 0 saturated heterocycles. The molecule has 2 aromatic rings. The van der Waals surface area contributed by atoms with Gasteiger partial charge in [-0.2, -0.15) is 0 Å². The van der Waals surface area contributed by atoms with Gasteiger partial charge in [0.15, 0.2) is 9.84 Å². The van der Waals surface area contributed by atoms with Gasteiger partial charge in [0, 0.05) is 16.1 Å². The molecular formula is C20H20ClFN2O3S. The first-order valence-electron chi connectivity index (χ1n) is 9.10. The molecule has 4 rings (SSSR count). The van der Waals surface area contributed by atoms with Gasteiger partial charge >= 0.3 is 0 Å². The molecule has 5 nitrogen and oxygen atoms in total. The van der Waals surface area contributed by atoms with Crippen LogP contribution in [0.25, 0.3) is 11.1 Å². The largest absolute Gasteiger partial charge is 0.393 e. The maximum Gasteiger partial charge on any atom is 0.178 e. The van der Waals surface area contributed by atoms with Crippen LogP contribution in [0.15, 0.2) is 40.2 Å². The van der Waals surface area contributed by atoms with Crippen LogP contribution in [0.4, 0.5) is 4.39 Å². The fraction of sp³-hybridized carbons (Fsp3) is 0.350. The minimum absolute atomic E-state index is 0.0722. The van der Waals surface area contributed by atoms with Crippen molar-refractivity contribution in [1.82, 2.24) is 0 Å². The minimum Gasteiger partial charge on any atom is -0.393 e. The quantitative estimate of drug-likeness (QED) is 0.790. The van der Waals surface area contributed by atoms with Gasteiger partial charge in [0.1, 0.15) is 11.7 Å². The van der Waals surface area contributed by atoms with Crippen LogP contribution in [-0.4, -0.2) is 31.2 Å². The van der Waals surface area contributed by atoms with E-state index in [0.29, 0.717) is 30.5 Å². The van der Waals surface area contributed by atoms with Crippen molar-refractivity contribution in [3.63, 3.8) is 0 Å². The van der Waals surface area contributed by atoms with Crippen molar-refractivity contribution in [2.75, 3.05) is 5.75 Å². The van der Waals surface area contributed by atoms with Crippen LogP contribution >= 0.6 is 11.6 Å². The fourth-order valence-electron chi connectivity index (χ4n) is 3.98. The molecule has 1 saturated carbocycles. The standard InChI is InChI=1S/C20H20ClFN2O3S/c21-16-8-13(28(26,27)10-12-2-1-3-17(12)25)5-7-14(16)15-6-4-11-9-24-20(23)18(11)19(15)22/h4-8,12,17,25H,1-3,9-10H2,(H2,23,24)/t12-,17-/m0/s1. The SMILES string of the molecule is NC1=NCc2ccc(-c3ccc(S(=O)(=O)C[C@@H]4CCC[C@@H]4O)cc3Cl)c(F)c21. The van der Waals surface area contributed by atoms with E-state index in [1.54, 1.807) is 12.1 Å².